The molecular formula is C15H26N4. The number of rotatable bonds is 7. The highest BCUT2D eigenvalue weighted by atomic mass is 15.1. The average molecular weight is 262 g/mol. The standard InChI is InChI=1S/C15H26N4/c1-7-19(10-11(2)3)14-9-17-15(12(4)5)18-13(14)8-16-6/h9,12,16H,2,7-8,10H2,1,3-6H3. The van der Waals surface area contributed by atoms with Crippen LogP contribution in [0.15, 0.2) is 18.3 Å². The van der Waals surface area contributed by atoms with Gasteiger partial charge in [0, 0.05) is 25.6 Å². The molecule has 1 aromatic rings. The van der Waals surface area contributed by atoms with Crippen molar-refractivity contribution in [3.05, 3.63) is 29.9 Å². The molecule has 0 fully saturated rings. The molecule has 0 atom stereocenters. The van der Waals surface area contributed by atoms with Crippen LogP contribution < -0.4 is 10.2 Å². The highest BCUT2D eigenvalue weighted by Crippen LogP contribution is 2.21. The number of hydrogen-bond donors (Lipinski definition) is 1. The van der Waals surface area contributed by atoms with E-state index >= 15 is 0 Å². The smallest absolute Gasteiger partial charge is 0.131 e. The molecule has 0 aliphatic carbocycles. The molecular weight excluding hydrogens is 236 g/mol. The van der Waals surface area contributed by atoms with Crippen molar-refractivity contribution in [2.24, 2.45) is 0 Å². The predicted molar refractivity (Wildman–Crippen MR) is 81.6 cm³/mol. The van der Waals surface area contributed by atoms with E-state index in [2.05, 4.69) is 42.6 Å². The Balaban J connectivity index is 3.13. The molecule has 0 aliphatic heterocycles. The van der Waals surface area contributed by atoms with Crippen LogP contribution in [0.2, 0.25) is 0 Å². The van der Waals surface area contributed by atoms with Crippen LogP contribution in [0.4, 0.5) is 5.69 Å². The van der Waals surface area contributed by atoms with Gasteiger partial charge in [-0.3, -0.25) is 0 Å². The van der Waals surface area contributed by atoms with E-state index in [0.717, 1.165) is 42.4 Å². The first-order valence-electron chi connectivity index (χ1n) is 6.89. The summed E-state index contributed by atoms with van der Waals surface area (Å²) in [4.78, 5) is 11.4. The van der Waals surface area contributed by atoms with E-state index in [1.54, 1.807) is 0 Å². The first-order valence-corrected chi connectivity index (χ1v) is 6.89. The van der Waals surface area contributed by atoms with Gasteiger partial charge in [-0.25, -0.2) is 9.97 Å². The van der Waals surface area contributed by atoms with Crippen LogP contribution in [0.25, 0.3) is 0 Å². The van der Waals surface area contributed by atoms with Crippen LogP contribution in [0, 0.1) is 0 Å². The highest BCUT2D eigenvalue weighted by Gasteiger charge is 2.14. The summed E-state index contributed by atoms with van der Waals surface area (Å²) in [5.41, 5.74) is 3.30. The Labute approximate surface area is 117 Å². The molecule has 0 aromatic carbocycles. The van der Waals surface area contributed by atoms with Crippen molar-refractivity contribution in [1.29, 1.82) is 0 Å². The molecule has 0 saturated heterocycles. The summed E-state index contributed by atoms with van der Waals surface area (Å²) in [6, 6.07) is 0. The zero-order valence-corrected chi connectivity index (χ0v) is 12.8. The molecule has 1 aromatic heterocycles. The largest absolute Gasteiger partial charge is 0.365 e. The van der Waals surface area contributed by atoms with Crippen LogP contribution in [0.1, 0.15) is 45.1 Å². The summed E-state index contributed by atoms with van der Waals surface area (Å²) >= 11 is 0. The minimum absolute atomic E-state index is 0.348. The lowest BCUT2D eigenvalue weighted by Gasteiger charge is -2.25. The maximum absolute atomic E-state index is 4.69. The molecule has 0 amide bonds. The van der Waals surface area contributed by atoms with E-state index in [1.807, 2.05) is 20.2 Å². The Hall–Kier alpha value is -1.42. The lowest BCUT2D eigenvalue weighted by atomic mass is 10.2. The summed E-state index contributed by atoms with van der Waals surface area (Å²) in [6.45, 7) is 14.9. The summed E-state index contributed by atoms with van der Waals surface area (Å²) in [7, 11) is 1.94. The number of nitrogens with one attached hydrogen (secondary N) is 1. The molecule has 0 radical (unpaired) electrons. The molecule has 4 nitrogen and oxygen atoms in total. The van der Waals surface area contributed by atoms with E-state index in [-0.39, 0.29) is 0 Å². The van der Waals surface area contributed by atoms with Gasteiger partial charge < -0.3 is 10.2 Å². The molecule has 0 aliphatic rings. The number of hydrogen-bond acceptors (Lipinski definition) is 4. The van der Waals surface area contributed by atoms with Gasteiger partial charge in [0.1, 0.15) is 5.82 Å². The summed E-state index contributed by atoms with van der Waals surface area (Å²) in [5.74, 6) is 1.25. The summed E-state index contributed by atoms with van der Waals surface area (Å²) < 4.78 is 0. The first-order chi connectivity index (χ1) is 8.99. The topological polar surface area (TPSA) is 41.1 Å². The fraction of sp³-hybridized carbons (Fsp3) is 0.600. The Morgan fingerprint density at radius 1 is 1.47 bits per heavy atom. The third kappa shape index (κ3) is 4.31. The van der Waals surface area contributed by atoms with Crippen molar-refractivity contribution in [1.82, 2.24) is 15.3 Å². The Morgan fingerprint density at radius 3 is 2.63 bits per heavy atom. The van der Waals surface area contributed by atoms with Gasteiger partial charge in [0.05, 0.1) is 17.6 Å². The van der Waals surface area contributed by atoms with Crippen LogP contribution in [-0.2, 0) is 6.54 Å². The second kappa shape index (κ2) is 7.24. The van der Waals surface area contributed by atoms with E-state index < -0.39 is 0 Å². The Kier molecular flexibility index (Phi) is 5.96. The fourth-order valence-electron chi connectivity index (χ4n) is 1.96. The van der Waals surface area contributed by atoms with Crippen molar-refractivity contribution in [3.8, 4) is 0 Å². The number of aromatic nitrogens is 2. The maximum Gasteiger partial charge on any atom is 0.131 e. The van der Waals surface area contributed by atoms with Gasteiger partial charge in [0.15, 0.2) is 0 Å². The second-order valence-electron chi connectivity index (χ2n) is 5.22. The third-order valence-electron chi connectivity index (χ3n) is 2.91. The number of likely N-dealkylation sites (N-methyl/N-ethyl adjacent to an activating group) is 1. The second-order valence-corrected chi connectivity index (χ2v) is 5.22. The monoisotopic (exact) mass is 262 g/mol. The highest BCUT2D eigenvalue weighted by molar-refractivity contribution is 5.50. The van der Waals surface area contributed by atoms with E-state index in [4.69, 9.17) is 4.98 Å². The SMILES string of the molecule is C=C(C)CN(CC)c1cnc(C(C)C)nc1CNC. The van der Waals surface area contributed by atoms with Crippen molar-refractivity contribution in [3.63, 3.8) is 0 Å². The maximum atomic E-state index is 4.69. The zero-order valence-electron chi connectivity index (χ0n) is 12.8. The van der Waals surface area contributed by atoms with Crippen LogP contribution in [0.5, 0.6) is 0 Å². The fourth-order valence-corrected chi connectivity index (χ4v) is 1.96. The third-order valence-corrected chi connectivity index (χ3v) is 2.91. The van der Waals surface area contributed by atoms with E-state index in [1.165, 1.54) is 0 Å². The Morgan fingerprint density at radius 2 is 2.16 bits per heavy atom. The molecule has 1 heterocycles. The van der Waals surface area contributed by atoms with Gasteiger partial charge in [-0.1, -0.05) is 26.0 Å². The quantitative estimate of drug-likeness (QED) is 0.767. The molecule has 1 rings (SSSR count). The molecule has 19 heavy (non-hydrogen) atoms. The van der Waals surface area contributed by atoms with Crippen LogP contribution >= 0.6 is 0 Å². The summed E-state index contributed by atoms with van der Waals surface area (Å²) in [6.07, 6.45) is 1.95. The van der Waals surface area contributed by atoms with Crippen molar-refractivity contribution in [2.45, 2.75) is 40.2 Å². The van der Waals surface area contributed by atoms with Crippen molar-refractivity contribution >= 4 is 5.69 Å². The molecule has 0 spiro atoms. The van der Waals surface area contributed by atoms with Gasteiger partial charge >= 0.3 is 0 Å². The molecule has 0 bridgehead atoms. The van der Waals surface area contributed by atoms with E-state index in [0.29, 0.717) is 5.92 Å². The Bertz CT molecular complexity index is 426. The summed E-state index contributed by atoms with van der Waals surface area (Å²) in [5, 5.41) is 3.18. The molecule has 1 N–H and O–H groups in total. The van der Waals surface area contributed by atoms with Gasteiger partial charge in [0.2, 0.25) is 0 Å². The lowest BCUT2D eigenvalue weighted by molar-refractivity contribution is 0.717. The van der Waals surface area contributed by atoms with Gasteiger partial charge in [-0.2, -0.15) is 0 Å². The van der Waals surface area contributed by atoms with Crippen molar-refractivity contribution in [2.75, 3.05) is 25.0 Å². The normalized spacial score (nSPS) is 10.8. The molecule has 0 saturated carbocycles. The number of nitrogens with zero attached hydrogens (tertiary/aromatic N) is 3. The minimum Gasteiger partial charge on any atom is -0.365 e. The zero-order chi connectivity index (χ0) is 14.4. The molecule has 0 unspecified atom stereocenters. The van der Waals surface area contributed by atoms with Crippen LogP contribution in [-0.4, -0.2) is 30.1 Å². The van der Waals surface area contributed by atoms with Gasteiger partial charge in [-0.15, -0.1) is 0 Å². The molecule has 106 valence electrons. The number of anilines is 1. The van der Waals surface area contributed by atoms with Crippen molar-refractivity contribution < 1.29 is 0 Å². The predicted octanol–water partition coefficient (Wildman–Crippen LogP) is 2.72. The van der Waals surface area contributed by atoms with Crippen LogP contribution in [0.3, 0.4) is 0 Å². The molecule has 4 heteroatoms. The minimum atomic E-state index is 0.348. The first kappa shape index (κ1) is 15.6. The van der Waals surface area contributed by atoms with E-state index in [9.17, 15) is 0 Å². The average Bonchev–Trinajstić information content (AvgIpc) is 2.36. The van der Waals surface area contributed by atoms with Gasteiger partial charge in [0.25, 0.3) is 0 Å². The van der Waals surface area contributed by atoms with Gasteiger partial charge in [-0.05, 0) is 20.9 Å². The lowest BCUT2D eigenvalue weighted by Crippen LogP contribution is -2.27.